The Kier molecular flexibility index (Phi) is 3.95. The molecule has 5 nitrogen and oxygen atoms in total. The molecule has 0 aromatic heterocycles. The first-order chi connectivity index (χ1) is 9.08. The number of hydrogen-bond donors (Lipinski definition) is 1. The number of ether oxygens (including phenoxy) is 1. The standard InChI is InChI=1S/C13H15ClN2O3/c1-3-10-13(18)15-7-12(17)16(10)8-4-5-9(14)11(6-8)19-2/h4-6,10H,3,7H2,1-2H3,(H,15,18). The summed E-state index contributed by atoms with van der Waals surface area (Å²) in [5.41, 5.74) is 0.618. The first-order valence-corrected chi connectivity index (χ1v) is 6.39. The Labute approximate surface area is 116 Å². The predicted molar refractivity (Wildman–Crippen MR) is 72.6 cm³/mol. The number of piperazine rings is 1. The van der Waals surface area contributed by atoms with Crippen LogP contribution in [0.3, 0.4) is 0 Å². The molecule has 2 amide bonds. The van der Waals surface area contributed by atoms with Gasteiger partial charge >= 0.3 is 0 Å². The van der Waals surface area contributed by atoms with Crippen molar-refractivity contribution in [2.24, 2.45) is 0 Å². The van der Waals surface area contributed by atoms with E-state index in [0.29, 0.717) is 22.9 Å². The van der Waals surface area contributed by atoms with E-state index in [1.54, 1.807) is 18.2 Å². The third kappa shape index (κ3) is 2.51. The zero-order valence-corrected chi connectivity index (χ0v) is 11.5. The molecule has 1 aromatic carbocycles. The second-order valence-corrected chi connectivity index (χ2v) is 4.63. The van der Waals surface area contributed by atoms with E-state index in [4.69, 9.17) is 16.3 Å². The minimum atomic E-state index is -0.493. The lowest BCUT2D eigenvalue weighted by atomic mass is 10.1. The van der Waals surface area contributed by atoms with Crippen LogP contribution in [0.15, 0.2) is 18.2 Å². The molecule has 1 aliphatic heterocycles. The van der Waals surface area contributed by atoms with E-state index in [0.717, 1.165) is 0 Å². The molecule has 1 atom stereocenters. The van der Waals surface area contributed by atoms with Crippen LogP contribution in [0.4, 0.5) is 5.69 Å². The first-order valence-electron chi connectivity index (χ1n) is 6.01. The maximum atomic E-state index is 12.0. The van der Waals surface area contributed by atoms with Crippen LogP contribution in [0, 0.1) is 0 Å². The number of anilines is 1. The van der Waals surface area contributed by atoms with Crippen molar-refractivity contribution >= 4 is 29.1 Å². The summed E-state index contributed by atoms with van der Waals surface area (Å²) in [6.07, 6.45) is 0.544. The summed E-state index contributed by atoms with van der Waals surface area (Å²) in [6, 6.07) is 4.54. The van der Waals surface area contributed by atoms with Gasteiger partial charge in [0.05, 0.1) is 18.7 Å². The number of halogens is 1. The Hall–Kier alpha value is -1.75. The van der Waals surface area contributed by atoms with E-state index in [1.807, 2.05) is 6.92 Å². The van der Waals surface area contributed by atoms with Gasteiger partial charge in [0, 0.05) is 11.8 Å². The van der Waals surface area contributed by atoms with E-state index in [-0.39, 0.29) is 18.4 Å². The highest BCUT2D eigenvalue weighted by Crippen LogP contribution is 2.31. The molecule has 102 valence electrons. The smallest absolute Gasteiger partial charge is 0.247 e. The fraction of sp³-hybridized carbons (Fsp3) is 0.385. The van der Waals surface area contributed by atoms with Crippen molar-refractivity contribution in [1.82, 2.24) is 5.32 Å². The molecule has 0 saturated carbocycles. The Bertz CT molecular complexity index is 519. The molecule has 1 unspecified atom stereocenters. The molecule has 6 heteroatoms. The van der Waals surface area contributed by atoms with Crippen LogP contribution in [0.1, 0.15) is 13.3 Å². The number of carbonyl (C=O) groups is 2. The lowest BCUT2D eigenvalue weighted by Crippen LogP contribution is -2.58. The van der Waals surface area contributed by atoms with Gasteiger partial charge in [-0.3, -0.25) is 14.5 Å². The summed E-state index contributed by atoms with van der Waals surface area (Å²) in [4.78, 5) is 25.3. The van der Waals surface area contributed by atoms with Crippen molar-refractivity contribution in [3.63, 3.8) is 0 Å². The molecule has 1 fully saturated rings. The van der Waals surface area contributed by atoms with Crippen molar-refractivity contribution in [3.8, 4) is 5.75 Å². The van der Waals surface area contributed by atoms with Crippen molar-refractivity contribution in [1.29, 1.82) is 0 Å². The van der Waals surface area contributed by atoms with Crippen molar-refractivity contribution in [2.45, 2.75) is 19.4 Å². The number of amides is 2. The molecular formula is C13H15ClN2O3. The van der Waals surface area contributed by atoms with E-state index < -0.39 is 6.04 Å². The number of benzene rings is 1. The first kappa shape index (κ1) is 13.7. The lowest BCUT2D eigenvalue weighted by Gasteiger charge is -2.34. The fourth-order valence-electron chi connectivity index (χ4n) is 2.15. The predicted octanol–water partition coefficient (Wildman–Crippen LogP) is 1.59. The summed E-state index contributed by atoms with van der Waals surface area (Å²) < 4.78 is 5.14. The van der Waals surface area contributed by atoms with Crippen LogP contribution in [-0.2, 0) is 9.59 Å². The monoisotopic (exact) mass is 282 g/mol. The minimum Gasteiger partial charge on any atom is -0.495 e. The lowest BCUT2D eigenvalue weighted by molar-refractivity contribution is -0.131. The Balaban J connectivity index is 2.42. The summed E-state index contributed by atoms with van der Waals surface area (Å²) in [5, 5.41) is 3.05. The molecule has 0 bridgehead atoms. The van der Waals surface area contributed by atoms with E-state index in [2.05, 4.69) is 5.32 Å². The third-order valence-electron chi connectivity index (χ3n) is 3.10. The van der Waals surface area contributed by atoms with Gasteiger partial charge in [-0.25, -0.2) is 0 Å². The average Bonchev–Trinajstić information content (AvgIpc) is 2.42. The average molecular weight is 283 g/mol. The summed E-state index contributed by atoms with van der Waals surface area (Å²) in [7, 11) is 1.51. The zero-order chi connectivity index (χ0) is 14.0. The summed E-state index contributed by atoms with van der Waals surface area (Å²) >= 11 is 5.96. The van der Waals surface area contributed by atoms with Crippen LogP contribution in [0.5, 0.6) is 5.75 Å². The highest BCUT2D eigenvalue weighted by Gasteiger charge is 2.34. The quantitative estimate of drug-likeness (QED) is 0.916. The van der Waals surface area contributed by atoms with Gasteiger partial charge in [0.15, 0.2) is 0 Å². The zero-order valence-electron chi connectivity index (χ0n) is 10.8. The molecular weight excluding hydrogens is 268 g/mol. The van der Waals surface area contributed by atoms with Gasteiger partial charge in [0.2, 0.25) is 11.8 Å². The second-order valence-electron chi connectivity index (χ2n) is 4.22. The topological polar surface area (TPSA) is 58.6 Å². The molecule has 0 spiro atoms. The van der Waals surface area contributed by atoms with Gasteiger partial charge in [-0.15, -0.1) is 0 Å². The van der Waals surface area contributed by atoms with Crippen LogP contribution in [-0.4, -0.2) is 31.5 Å². The van der Waals surface area contributed by atoms with Crippen LogP contribution >= 0.6 is 11.6 Å². The number of methoxy groups -OCH3 is 1. The van der Waals surface area contributed by atoms with Crippen molar-refractivity contribution in [2.75, 3.05) is 18.6 Å². The minimum absolute atomic E-state index is 0.0142. The van der Waals surface area contributed by atoms with Gasteiger partial charge < -0.3 is 10.1 Å². The summed E-state index contributed by atoms with van der Waals surface area (Å²) in [5.74, 6) is 0.194. The molecule has 1 heterocycles. The molecule has 0 aliphatic carbocycles. The highest BCUT2D eigenvalue weighted by atomic mass is 35.5. The number of carbonyl (C=O) groups excluding carboxylic acids is 2. The Morgan fingerprint density at radius 3 is 2.84 bits per heavy atom. The Morgan fingerprint density at radius 1 is 1.47 bits per heavy atom. The van der Waals surface area contributed by atoms with E-state index in [9.17, 15) is 9.59 Å². The normalized spacial score (nSPS) is 19.3. The highest BCUT2D eigenvalue weighted by molar-refractivity contribution is 6.32. The summed E-state index contributed by atoms with van der Waals surface area (Å²) in [6.45, 7) is 1.88. The van der Waals surface area contributed by atoms with Gasteiger partial charge in [-0.2, -0.15) is 0 Å². The maximum Gasteiger partial charge on any atom is 0.247 e. The molecule has 1 aromatic rings. The number of hydrogen-bond acceptors (Lipinski definition) is 3. The molecule has 1 saturated heterocycles. The van der Waals surface area contributed by atoms with Gasteiger partial charge in [0.25, 0.3) is 0 Å². The molecule has 0 radical (unpaired) electrons. The van der Waals surface area contributed by atoms with E-state index >= 15 is 0 Å². The fourth-order valence-corrected chi connectivity index (χ4v) is 2.34. The van der Waals surface area contributed by atoms with Crippen LogP contribution in [0.25, 0.3) is 0 Å². The van der Waals surface area contributed by atoms with Gasteiger partial charge in [-0.1, -0.05) is 18.5 Å². The molecule has 1 aliphatic rings. The molecule has 1 N–H and O–H groups in total. The second kappa shape index (κ2) is 5.48. The number of nitrogens with one attached hydrogen (secondary N) is 1. The maximum absolute atomic E-state index is 12.0. The third-order valence-corrected chi connectivity index (χ3v) is 3.41. The van der Waals surface area contributed by atoms with Crippen LogP contribution < -0.4 is 15.0 Å². The van der Waals surface area contributed by atoms with Gasteiger partial charge in [-0.05, 0) is 18.6 Å². The number of rotatable bonds is 3. The van der Waals surface area contributed by atoms with Crippen molar-refractivity contribution in [3.05, 3.63) is 23.2 Å². The van der Waals surface area contributed by atoms with Gasteiger partial charge in [0.1, 0.15) is 11.8 Å². The number of nitrogens with zero attached hydrogens (tertiary/aromatic N) is 1. The molecule has 2 rings (SSSR count). The SMILES string of the molecule is CCC1C(=O)NCC(=O)N1c1ccc(Cl)c(OC)c1. The van der Waals surface area contributed by atoms with Crippen molar-refractivity contribution < 1.29 is 14.3 Å². The Morgan fingerprint density at radius 2 is 2.21 bits per heavy atom. The molecule has 19 heavy (non-hydrogen) atoms. The largest absolute Gasteiger partial charge is 0.495 e. The van der Waals surface area contributed by atoms with E-state index in [1.165, 1.54) is 12.0 Å². The van der Waals surface area contributed by atoms with Crippen LogP contribution in [0.2, 0.25) is 5.02 Å².